The summed E-state index contributed by atoms with van der Waals surface area (Å²) in [5.41, 5.74) is 0.332. The van der Waals surface area contributed by atoms with Crippen molar-refractivity contribution < 1.29 is 17.9 Å². The zero-order valence-corrected chi connectivity index (χ0v) is 16.0. The number of carbonyl (C=O) groups excluding carboxylic acids is 1. The predicted molar refractivity (Wildman–Crippen MR) is 91.8 cm³/mol. The van der Waals surface area contributed by atoms with Crippen LogP contribution in [0.4, 0.5) is 0 Å². The van der Waals surface area contributed by atoms with Crippen LogP contribution in [0.2, 0.25) is 0 Å². The monoisotopic (exact) mass is 403 g/mol. The zero-order valence-electron chi connectivity index (χ0n) is 13.6. The molecule has 1 aromatic carbocycles. The number of ether oxygens (including phenoxy) is 1. The number of hydrogen-bond acceptors (Lipinski definition) is 4. The smallest absolute Gasteiger partial charge is 0.338 e. The van der Waals surface area contributed by atoms with Gasteiger partial charge in [-0.05, 0) is 59.3 Å². The van der Waals surface area contributed by atoms with Crippen LogP contribution in [0.1, 0.15) is 37.6 Å². The molecular weight excluding hydrogens is 382 g/mol. The van der Waals surface area contributed by atoms with E-state index >= 15 is 0 Å². The highest BCUT2D eigenvalue weighted by atomic mass is 79.9. The van der Waals surface area contributed by atoms with Crippen LogP contribution in [-0.4, -0.2) is 38.4 Å². The molecule has 23 heavy (non-hydrogen) atoms. The summed E-state index contributed by atoms with van der Waals surface area (Å²) >= 11 is 3.29. The van der Waals surface area contributed by atoms with E-state index in [9.17, 15) is 13.2 Å². The Kier molecular flexibility index (Phi) is 5.86. The molecule has 2 rings (SSSR count). The fourth-order valence-corrected chi connectivity index (χ4v) is 5.71. The van der Waals surface area contributed by atoms with Gasteiger partial charge in [0.05, 0.1) is 17.1 Å². The molecule has 5 nitrogen and oxygen atoms in total. The molecule has 1 saturated heterocycles. The van der Waals surface area contributed by atoms with Gasteiger partial charge in [-0.25, -0.2) is 13.2 Å². The Balaban J connectivity index is 2.31. The topological polar surface area (TPSA) is 63.7 Å². The summed E-state index contributed by atoms with van der Waals surface area (Å²) < 4.78 is 32.6. The minimum atomic E-state index is -3.58. The number of rotatable bonds is 4. The van der Waals surface area contributed by atoms with Crippen LogP contribution in [0, 0.1) is 11.8 Å². The van der Waals surface area contributed by atoms with Crippen LogP contribution in [0.5, 0.6) is 0 Å². The van der Waals surface area contributed by atoms with Gasteiger partial charge >= 0.3 is 5.97 Å². The number of nitrogens with zero attached hydrogens (tertiary/aromatic N) is 1. The maximum Gasteiger partial charge on any atom is 0.338 e. The van der Waals surface area contributed by atoms with Crippen LogP contribution >= 0.6 is 15.9 Å². The maximum absolute atomic E-state index is 12.9. The third kappa shape index (κ3) is 4.14. The molecule has 1 heterocycles. The van der Waals surface area contributed by atoms with Crippen molar-refractivity contribution in [2.75, 3.05) is 19.7 Å². The Morgan fingerprint density at radius 2 is 1.91 bits per heavy atom. The highest BCUT2D eigenvalue weighted by Gasteiger charge is 2.33. The largest absolute Gasteiger partial charge is 0.462 e. The lowest BCUT2D eigenvalue weighted by Crippen LogP contribution is -2.42. The second-order valence-electron chi connectivity index (χ2n) is 6.13. The van der Waals surface area contributed by atoms with Gasteiger partial charge in [0.15, 0.2) is 0 Å². The number of halogens is 1. The number of carbonyl (C=O) groups is 1. The number of sulfonamides is 1. The molecule has 1 aliphatic heterocycles. The average Bonchev–Trinajstić information content (AvgIpc) is 2.46. The molecule has 1 fully saturated rings. The molecule has 0 amide bonds. The number of esters is 1. The molecule has 128 valence electrons. The first-order valence-electron chi connectivity index (χ1n) is 7.72. The first-order chi connectivity index (χ1) is 10.8. The maximum atomic E-state index is 12.9. The molecule has 2 unspecified atom stereocenters. The van der Waals surface area contributed by atoms with Crippen molar-refractivity contribution in [1.29, 1.82) is 0 Å². The van der Waals surface area contributed by atoms with E-state index in [1.54, 1.807) is 6.92 Å². The SMILES string of the molecule is CCOC(=O)c1ccc(S(=O)(=O)N2CC(C)CC(C)C2)c(Br)c1. The zero-order chi connectivity index (χ0) is 17.2. The van der Waals surface area contributed by atoms with E-state index < -0.39 is 16.0 Å². The van der Waals surface area contributed by atoms with Gasteiger partial charge in [-0.2, -0.15) is 4.31 Å². The van der Waals surface area contributed by atoms with Crippen LogP contribution in [0.3, 0.4) is 0 Å². The number of piperidine rings is 1. The fraction of sp³-hybridized carbons (Fsp3) is 0.562. The third-order valence-electron chi connectivity index (χ3n) is 3.90. The van der Waals surface area contributed by atoms with Gasteiger partial charge in [-0.1, -0.05) is 13.8 Å². The summed E-state index contributed by atoms with van der Waals surface area (Å²) in [5, 5.41) is 0. The van der Waals surface area contributed by atoms with Crippen molar-refractivity contribution in [2.24, 2.45) is 11.8 Å². The van der Waals surface area contributed by atoms with Gasteiger partial charge < -0.3 is 4.74 Å². The molecule has 0 N–H and O–H groups in total. The van der Waals surface area contributed by atoms with Crippen LogP contribution in [-0.2, 0) is 14.8 Å². The molecule has 7 heteroatoms. The minimum absolute atomic E-state index is 0.187. The Hall–Kier alpha value is -0.920. The highest BCUT2D eigenvalue weighted by molar-refractivity contribution is 9.10. The molecule has 0 bridgehead atoms. The van der Waals surface area contributed by atoms with E-state index in [4.69, 9.17) is 4.74 Å². The molecule has 0 radical (unpaired) electrons. The first-order valence-corrected chi connectivity index (χ1v) is 9.95. The highest BCUT2D eigenvalue weighted by Crippen LogP contribution is 2.30. The van der Waals surface area contributed by atoms with Crippen molar-refractivity contribution in [3.05, 3.63) is 28.2 Å². The molecule has 0 aromatic heterocycles. The van der Waals surface area contributed by atoms with E-state index in [2.05, 4.69) is 29.8 Å². The van der Waals surface area contributed by atoms with Gasteiger partial charge in [0.1, 0.15) is 0 Å². The second-order valence-corrected chi connectivity index (χ2v) is 8.89. The first kappa shape index (κ1) is 18.4. The van der Waals surface area contributed by atoms with Crippen LogP contribution < -0.4 is 0 Å². The predicted octanol–water partition coefficient (Wildman–Crippen LogP) is 3.29. The van der Waals surface area contributed by atoms with Gasteiger partial charge in [0, 0.05) is 17.6 Å². The summed E-state index contributed by atoms with van der Waals surface area (Å²) in [7, 11) is -3.58. The molecule has 2 atom stereocenters. The summed E-state index contributed by atoms with van der Waals surface area (Å²) in [6.07, 6.45) is 1.04. The summed E-state index contributed by atoms with van der Waals surface area (Å²) in [5.74, 6) is 0.217. The lowest BCUT2D eigenvalue weighted by molar-refractivity contribution is 0.0526. The lowest BCUT2D eigenvalue weighted by Gasteiger charge is -2.34. The standard InChI is InChI=1S/C16H22BrNO4S/c1-4-22-16(19)13-5-6-15(14(17)8-13)23(20,21)18-9-11(2)7-12(3)10-18/h5-6,8,11-12H,4,7,9-10H2,1-3H3. The molecular formula is C16H22BrNO4S. The Labute approximate surface area is 146 Å². The number of benzene rings is 1. The van der Waals surface area contributed by atoms with E-state index in [1.165, 1.54) is 22.5 Å². The Morgan fingerprint density at radius 3 is 2.43 bits per heavy atom. The van der Waals surface area contributed by atoms with E-state index in [0.29, 0.717) is 35.0 Å². The van der Waals surface area contributed by atoms with E-state index in [-0.39, 0.29) is 11.5 Å². The van der Waals surface area contributed by atoms with Crippen LogP contribution in [0.25, 0.3) is 0 Å². The third-order valence-corrected chi connectivity index (χ3v) is 6.70. The average molecular weight is 404 g/mol. The minimum Gasteiger partial charge on any atom is -0.462 e. The van der Waals surface area contributed by atoms with Gasteiger partial charge in [-0.3, -0.25) is 0 Å². The number of hydrogen-bond donors (Lipinski definition) is 0. The molecule has 1 aliphatic rings. The summed E-state index contributed by atoms with van der Waals surface area (Å²) in [6, 6.07) is 4.46. The molecule has 1 aromatic rings. The van der Waals surface area contributed by atoms with E-state index in [1.807, 2.05) is 0 Å². The fourth-order valence-electron chi connectivity index (χ4n) is 2.99. The van der Waals surface area contributed by atoms with Crippen molar-refractivity contribution in [1.82, 2.24) is 4.31 Å². The van der Waals surface area contributed by atoms with E-state index in [0.717, 1.165) is 6.42 Å². The second kappa shape index (κ2) is 7.32. The molecule has 0 spiro atoms. The van der Waals surface area contributed by atoms with Gasteiger partial charge in [0.25, 0.3) is 0 Å². The molecule has 0 aliphatic carbocycles. The normalized spacial score (nSPS) is 22.8. The molecule has 0 saturated carbocycles. The lowest BCUT2D eigenvalue weighted by atomic mass is 9.94. The van der Waals surface area contributed by atoms with Gasteiger partial charge in [0.2, 0.25) is 10.0 Å². The van der Waals surface area contributed by atoms with Crippen molar-refractivity contribution >= 4 is 31.9 Å². The summed E-state index contributed by atoms with van der Waals surface area (Å²) in [6.45, 7) is 7.19. The van der Waals surface area contributed by atoms with Crippen LogP contribution in [0.15, 0.2) is 27.6 Å². The van der Waals surface area contributed by atoms with Crippen molar-refractivity contribution in [3.63, 3.8) is 0 Å². The van der Waals surface area contributed by atoms with Crippen molar-refractivity contribution in [3.8, 4) is 0 Å². The Bertz CT molecular complexity index is 679. The quantitative estimate of drug-likeness (QED) is 0.723. The Morgan fingerprint density at radius 1 is 1.30 bits per heavy atom. The van der Waals surface area contributed by atoms with Gasteiger partial charge in [-0.15, -0.1) is 0 Å². The summed E-state index contributed by atoms with van der Waals surface area (Å²) in [4.78, 5) is 11.9. The van der Waals surface area contributed by atoms with Crippen molar-refractivity contribution in [2.45, 2.75) is 32.1 Å².